The normalized spacial score (nSPS) is 13.5. The molecule has 1 aromatic carbocycles. The van der Waals surface area contributed by atoms with E-state index >= 15 is 0 Å². The smallest absolute Gasteiger partial charge is 0.335 e. The second-order valence-corrected chi connectivity index (χ2v) is 5.90. The first kappa shape index (κ1) is 14.0. The van der Waals surface area contributed by atoms with Crippen molar-refractivity contribution in [2.75, 3.05) is 0 Å². The van der Waals surface area contributed by atoms with Crippen molar-refractivity contribution in [1.29, 1.82) is 0 Å². The van der Waals surface area contributed by atoms with Gasteiger partial charge in [-0.25, -0.2) is 4.79 Å². The Balaban J connectivity index is 3.37. The highest BCUT2D eigenvalue weighted by molar-refractivity contribution is 9.10. The van der Waals surface area contributed by atoms with Crippen molar-refractivity contribution in [2.45, 2.75) is 26.8 Å². The van der Waals surface area contributed by atoms with Gasteiger partial charge in [-0.2, -0.15) is 0 Å². The van der Waals surface area contributed by atoms with Crippen molar-refractivity contribution >= 4 is 21.9 Å². The number of aromatic carboxylic acids is 1. The first-order chi connectivity index (χ1) is 7.64. The fourth-order valence-electron chi connectivity index (χ4n) is 1.45. The fourth-order valence-corrected chi connectivity index (χ4v) is 1.92. The summed E-state index contributed by atoms with van der Waals surface area (Å²) in [5.74, 6) is -1.05. The molecule has 1 atom stereocenters. The standard InChI is InChI=1S/C12H16BrNO3/c1-12(2,3)10(14)7-4-6(11(16)17)5-8(13)9(7)15/h4-5,10,15H,14H2,1-3H3,(H,16,17)/t10-/m1/s1. The van der Waals surface area contributed by atoms with Crippen LogP contribution >= 0.6 is 15.9 Å². The Morgan fingerprint density at radius 1 is 1.41 bits per heavy atom. The van der Waals surface area contributed by atoms with Crippen LogP contribution in [-0.2, 0) is 0 Å². The van der Waals surface area contributed by atoms with E-state index in [4.69, 9.17) is 10.8 Å². The molecule has 1 rings (SSSR count). The summed E-state index contributed by atoms with van der Waals surface area (Å²) in [5, 5.41) is 18.9. The summed E-state index contributed by atoms with van der Waals surface area (Å²) in [5.41, 5.74) is 6.30. The van der Waals surface area contributed by atoms with Crippen LogP contribution in [0.4, 0.5) is 0 Å². The molecule has 0 aliphatic heterocycles. The van der Waals surface area contributed by atoms with E-state index in [2.05, 4.69) is 15.9 Å². The lowest BCUT2D eigenvalue weighted by molar-refractivity contribution is 0.0696. The summed E-state index contributed by atoms with van der Waals surface area (Å²) < 4.78 is 0.340. The van der Waals surface area contributed by atoms with Crippen LogP contribution in [0.2, 0.25) is 0 Å². The van der Waals surface area contributed by atoms with Crippen molar-refractivity contribution in [3.8, 4) is 5.75 Å². The molecule has 94 valence electrons. The van der Waals surface area contributed by atoms with Crippen molar-refractivity contribution in [3.63, 3.8) is 0 Å². The van der Waals surface area contributed by atoms with Gasteiger partial charge in [-0.1, -0.05) is 20.8 Å². The quantitative estimate of drug-likeness (QED) is 0.784. The predicted octanol–water partition coefficient (Wildman–Crippen LogP) is 2.90. The van der Waals surface area contributed by atoms with Crippen LogP contribution in [0.1, 0.15) is 42.7 Å². The highest BCUT2D eigenvalue weighted by Gasteiger charge is 2.26. The lowest BCUT2D eigenvalue weighted by atomic mass is 9.82. The number of halogens is 1. The third-order valence-electron chi connectivity index (χ3n) is 2.61. The Hall–Kier alpha value is -1.07. The zero-order valence-electron chi connectivity index (χ0n) is 9.99. The summed E-state index contributed by atoms with van der Waals surface area (Å²) >= 11 is 3.13. The molecular weight excluding hydrogens is 286 g/mol. The minimum atomic E-state index is -1.05. The van der Waals surface area contributed by atoms with Crippen LogP contribution < -0.4 is 5.73 Å². The van der Waals surface area contributed by atoms with Gasteiger partial charge in [-0.3, -0.25) is 0 Å². The molecule has 0 aliphatic carbocycles. The van der Waals surface area contributed by atoms with Gasteiger partial charge in [0, 0.05) is 11.6 Å². The van der Waals surface area contributed by atoms with E-state index < -0.39 is 12.0 Å². The molecule has 0 bridgehead atoms. The minimum absolute atomic E-state index is 0.00238. The van der Waals surface area contributed by atoms with Gasteiger partial charge in [0.05, 0.1) is 10.0 Å². The Labute approximate surface area is 109 Å². The SMILES string of the molecule is CC(C)(C)[C@H](N)c1cc(C(=O)O)cc(Br)c1O. The van der Waals surface area contributed by atoms with E-state index in [1.165, 1.54) is 12.1 Å². The molecule has 0 unspecified atom stereocenters. The Morgan fingerprint density at radius 2 is 1.94 bits per heavy atom. The first-order valence-corrected chi connectivity index (χ1v) is 5.95. The molecule has 0 fully saturated rings. The van der Waals surface area contributed by atoms with E-state index in [0.29, 0.717) is 10.0 Å². The van der Waals surface area contributed by atoms with Crippen molar-refractivity contribution in [1.82, 2.24) is 0 Å². The van der Waals surface area contributed by atoms with Gasteiger partial charge in [-0.05, 0) is 33.5 Å². The molecule has 0 amide bonds. The van der Waals surface area contributed by atoms with Gasteiger partial charge in [0.25, 0.3) is 0 Å². The molecule has 0 aromatic heterocycles. The number of rotatable bonds is 2. The maximum Gasteiger partial charge on any atom is 0.335 e. The summed E-state index contributed by atoms with van der Waals surface area (Å²) in [4.78, 5) is 10.9. The molecule has 0 saturated heterocycles. The van der Waals surface area contributed by atoms with E-state index in [1.54, 1.807) is 0 Å². The Bertz CT molecular complexity index is 452. The number of hydrogen-bond donors (Lipinski definition) is 3. The topological polar surface area (TPSA) is 83.6 Å². The summed E-state index contributed by atoms with van der Waals surface area (Å²) in [6.45, 7) is 5.79. The number of hydrogen-bond acceptors (Lipinski definition) is 3. The van der Waals surface area contributed by atoms with Gasteiger partial charge >= 0.3 is 5.97 Å². The molecule has 5 heteroatoms. The van der Waals surface area contributed by atoms with Gasteiger partial charge in [0.1, 0.15) is 5.75 Å². The molecule has 0 aliphatic rings. The fraction of sp³-hybridized carbons (Fsp3) is 0.417. The maximum atomic E-state index is 10.9. The number of phenolic OH excluding ortho intramolecular Hbond substituents is 1. The van der Waals surface area contributed by atoms with E-state index in [9.17, 15) is 9.90 Å². The number of aromatic hydroxyl groups is 1. The number of benzene rings is 1. The largest absolute Gasteiger partial charge is 0.506 e. The molecule has 4 nitrogen and oxygen atoms in total. The van der Waals surface area contributed by atoms with E-state index in [-0.39, 0.29) is 16.7 Å². The maximum absolute atomic E-state index is 10.9. The van der Waals surface area contributed by atoms with Crippen LogP contribution in [0.5, 0.6) is 5.75 Å². The summed E-state index contributed by atoms with van der Waals surface area (Å²) in [6, 6.07) is 2.33. The van der Waals surface area contributed by atoms with Crippen LogP contribution in [0.3, 0.4) is 0 Å². The lowest BCUT2D eigenvalue weighted by Gasteiger charge is -2.28. The Morgan fingerprint density at radius 3 is 2.35 bits per heavy atom. The molecular formula is C12H16BrNO3. The van der Waals surface area contributed by atoms with E-state index in [0.717, 1.165) is 0 Å². The Kier molecular flexibility index (Phi) is 3.84. The predicted molar refractivity (Wildman–Crippen MR) is 69.1 cm³/mol. The number of carbonyl (C=O) groups is 1. The molecule has 4 N–H and O–H groups in total. The molecule has 0 heterocycles. The van der Waals surface area contributed by atoms with Gasteiger partial charge < -0.3 is 15.9 Å². The zero-order chi connectivity index (χ0) is 13.4. The second kappa shape index (κ2) is 4.66. The molecule has 0 saturated carbocycles. The third kappa shape index (κ3) is 2.98. The zero-order valence-corrected chi connectivity index (χ0v) is 11.6. The molecule has 0 radical (unpaired) electrons. The number of carboxylic acid groups (broad SMARTS) is 1. The molecule has 17 heavy (non-hydrogen) atoms. The van der Waals surface area contributed by atoms with Crippen molar-refractivity contribution < 1.29 is 15.0 Å². The number of phenols is 1. The second-order valence-electron chi connectivity index (χ2n) is 5.04. The van der Waals surface area contributed by atoms with Crippen LogP contribution in [-0.4, -0.2) is 16.2 Å². The molecule has 0 spiro atoms. The summed E-state index contributed by atoms with van der Waals surface area (Å²) in [7, 11) is 0. The summed E-state index contributed by atoms with van der Waals surface area (Å²) in [6.07, 6.45) is 0. The van der Waals surface area contributed by atoms with Crippen molar-refractivity contribution in [2.24, 2.45) is 11.1 Å². The van der Waals surface area contributed by atoms with Crippen LogP contribution in [0.25, 0.3) is 0 Å². The highest BCUT2D eigenvalue weighted by atomic mass is 79.9. The monoisotopic (exact) mass is 301 g/mol. The van der Waals surface area contributed by atoms with Crippen LogP contribution in [0, 0.1) is 5.41 Å². The first-order valence-electron chi connectivity index (χ1n) is 5.16. The van der Waals surface area contributed by atoms with Gasteiger partial charge in [0.15, 0.2) is 0 Å². The van der Waals surface area contributed by atoms with Crippen LogP contribution in [0.15, 0.2) is 16.6 Å². The third-order valence-corrected chi connectivity index (χ3v) is 3.21. The van der Waals surface area contributed by atoms with E-state index in [1.807, 2.05) is 20.8 Å². The van der Waals surface area contributed by atoms with Gasteiger partial charge in [-0.15, -0.1) is 0 Å². The lowest BCUT2D eigenvalue weighted by Crippen LogP contribution is -2.26. The average molecular weight is 302 g/mol. The molecule has 1 aromatic rings. The number of nitrogens with two attached hydrogens (primary N) is 1. The number of carboxylic acids is 1. The minimum Gasteiger partial charge on any atom is -0.506 e. The van der Waals surface area contributed by atoms with Gasteiger partial charge in [0.2, 0.25) is 0 Å². The highest BCUT2D eigenvalue weighted by Crippen LogP contribution is 2.39. The average Bonchev–Trinajstić information content (AvgIpc) is 2.19. The van der Waals surface area contributed by atoms with Crippen molar-refractivity contribution in [3.05, 3.63) is 27.7 Å².